The van der Waals surface area contributed by atoms with Gasteiger partial charge in [-0.25, -0.2) is 0 Å². The summed E-state index contributed by atoms with van der Waals surface area (Å²) in [6.07, 6.45) is 1.86. The van der Waals surface area contributed by atoms with Gasteiger partial charge in [-0.2, -0.15) is 0 Å². The van der Waals surface area contributed by atoms with E-state index in [4.69, 9.17) is 4.74 Å². The summed E-state index contributed by atoms with van der Waals surface area (Å²) >= 11 is 0. The van der Waals surface area contributed by atoms with Crippen LogP contribution in [-0.4, -0.2) is 23.8 Å². The standard InChI is InChI=1S/C18H17N3O5/c1-26-16-8-6-13(10-15(16)21(24)25)19-18(23)12-5-7-14-11(9-12)3-2-4-17(22)20-14/h5-10H,2-4H2,1H3,(H,19,23)(H,20,22). The van der Waals surface area contributed by atoms with Gasteiger partial charge < -0.3 is 15.4 Å². The molecule has 0 atom stereocenters. The summed E-state index contributed by atoms with van der Waals surface area (Å²) in [6.45, 7) is 0. The number of nitro groups is 1. The lowest BCUT2D eigenvalue weighted by Crippen LogP contribution is -2.13. The molecule has 134 valence electrons. The largest absolute Gasteiger partial charge is 0.490 e. The van der Waals surface area contributed by atoms with Gasteiger partial charge >= 0.3 is 5.69 Å². The van der Waals surface area contributed by atoms with Crippen LogP contribution in [0.5, 0.6) is 5.75 Å². The number of aryl methyl sites for hydroxylation is 1. The van der Waals surface area contributed by atoms with Crippen LogP contribution in [0.2, 0.25) is 0 Å². The van der Waals surface area contributed by atoms with E-state index >= 15 is 0 Å². The number of hydrogen-bond donors (Lipinski definition) is 2. The summed E-state index contributed by atoms with van der Waals surface area (Å²) in [4.78, 5) is 34.6. The van der Waals surface area contributed by atoms with Crippen molar-refractivity contribution < 1.29 is 19.2 Å². The minimum absolute atomic E-state index is 0.0357. The van der Waals surface area contributed by atoms with Crippen molar-refractivity contribution in [2.45, 2.75) is 19.3 Å². The van der Waals surface area contributed by atoms with Crippen molar-refractivity contribution in [2.75, 3.05) is 17.7 Å². The topological polar surface area (TPSA) is 111 Å². The molecule has 0 saturated heterocycles. The first-order valence-corrected chi connectivity index (χ1v) is 8.04. The van der Waals surface area contributed by atoms with E-state index in [0.29, 0.717) is 36.2 Å². The van der Waals surface area contributed by atoms with E-state index in [1.165, 1.54) is 25.3 Å². The maximum Gasteiger partial charge on any atom is 0.312 e. The predicted octanol–water partition coefficient (Wildman–Crippen LogP) is 3.13. The lowest BCUT2D eigenvalue weighted by atomic mass is 10.0. The van der Waals surface area contributed by atoms with Gasteiger partial charge in [0.05, 0.1) is 12.0 Å². The van der Waals surface area contributed by atoms with Crippen molar-refractivity contribution in [3.63, 3.8) is 0 Å². The third-order valence-corrected chi connectivity index (χ3v) is 4.12. The number of nitrogens with one attached hydrogen (secondary N) is 2. The van der Waals surface area contributed by atoms with E-state index in [-0.39, 0.29) is 23.3 Å². The molecule has 2 aromatic rings. The average Bonchev–Trinajstić information content (AvgIpc) is 2.81. The number of fused-ring (bicyclic) bond motifs is 1. The van der Waals surface area contributed by atoms with Crippen molar-refractivity contribution in [1.82, 2.24) is 0 Å². The van der Waals surface area contributed by atoms with Crippen LogP contribution in [0.25, 0.3) is 0 Å². The maximum atomic E-state index is 12.5. The normalized spacial score (nSPS) is 13.2. The highest BCUT2D eigenvalue weighted by atomic mass is 16.6. The molecule has 3 rings (SSSR count). The minimum Gasteiger partial charge on any atom is -0.490 e. The van der Waals surface area contributed by atoms with Gasteiger partial charge in [0, 0.05) is 29.4 Å². The van der Waals surface area contributed by atoms with Gasteiger partial charge in [0.1, 0.15) is 0 Å². The molecule has 0 unspecified atom stereocenters. The molecule has 1 aliphatic rings. The Morgan fingerprint density at radius 3 is 2.77 bits per heavy atom. The van der Waals surface area contributed by atoms with Crippen molar-refractivity contribution in [3.05, 3.63) is 57.6 Å². The minimum atomic E-state index is -0.570. The van der Waals surface area contributed by atoms with Gasteiger partial charge in [0.15, 0.2) is 5.75 Å². The molecular formula is C18H17N3O5. The Bertz CT molecular complexity index is 894. The van der Waals surface area contributed by atoms with Crippen LogP contribution in [-0.2, 0) is 11.2 Å². The second-order valence-electron chi connectivity index (χ2n) is 5.87. The van der Waals surface area contributed by atoms with E-state index in [9.17, 15) is 19.7 Å². The predicted molar refractivity (Wildman–Crippen MR) is 95.6 cm³/mol. The second-order valence-corrected chi connectivity index (χ2v) is 5.87. The Morgan fingerprint density at radius 2 is 2.04 bits per heavy atom. The number of hydrogen-bond acceptors (Lipinski definition) is 5. The molecule has 0 bridgehead atoms. The molecule has 0 spiro atoms. The molecule has 0 saturated carbocycles. The van der Waals surface area contributed by atoms with Gasteiger partial charge in [-0.15, -0.1) is 0 Å². The first kappa shape index (κ1) is 17.4. The fourth-order valence-electron chi connectivity index (χ4n) is 2.83. The molecule has 0 fully saturated rings. The Balaban J connectivity index is 1.82. The molecule has 0 aromatic heterocycles. The van der Waals surface area contributed by atoms with E-state index in [1.54, 1.807) is 18.2 Å². The van der Waals surface area contributed by atoms with Gasteiger partial charge in [0.25, 0.3) is 5.91 Å². The van der Waals surface area contributed by atoms with E-state index in [0.717, 1.165) is 5.56 Å². The first-order chi connectivity index (χ1) is 12.5. The molecule has 0 aliphatic carbocycles. The molecule has 1 heterocycles. The number of carbonyl (C=O) groups excluding carboxylic acids is 2. The molecule has 2 N–H and O–H groups in total. The van der Waals surface area contributed by atoms with E-state index < -0.39 is 4.92 Å². The summed E-state index contributed by atoms with van der Waals surface area (Å²) < 4.78 is 4.95. The second kappa shape index (κ2) is 7.22. The molecule has 2 amide bonds. The average molecular weight is 355 g/mol. The molecule has 2 aromatic carbocycles. The van der Waals surface area contributed by atoms with Crippen LogP contribution >= 0.6 is 0 Å². The zero-order chi connectivity index (χ0) is 18.7. The lowest BCUT2D eigenvalue weighted by Gasteiger charge is -2.10. The fraction of sp³-hybridized carbons (Fsp3) is 0.222. The number of ether oxygens (including phenoxy) is 1. The molecule has 8 nitrogen and oxygen atoms in total. The monoisotopic (exact) mass is 355 g/mol. The maximum absolute atomic E-state index is 12.5. The fourth-order valence-corrected chi connectivity index (χ4v) is 2.83. The number of benzene rings is 2. The third kappa shape index (κ3) is 3.64. The van der Waals surface area contributed by atoms with Gasteiger partial charge in [-0.1, -0.05) is 0 Å². The van der Waals surface area contributed by atoms with Gasteiger partial charge in [0.2, 0.25) is 5.91 Å². The van der Waals surface area contributed by atoms with Gasteiger partial charge in [-0.3, -0.25) is 19.7 Å². The number of carbonyl (C=O) groups is 2. The van der Waals surface area contributed by atoms with Crippen LogP contribution in [0.15, 0.2) is 36.4 Å². The smallest absolute Gasteiger partial charge is 0.312 e. The molecule has 0 radical (unpaired) electrons. The third-order valence-electron chi connectivity index (χ3n) is 4.12. The highest BCUT2D eigenvalue weighted by molar-refractivity contribution is 6.05. The van der Waals surface area contributed by atoms with Crippen LogP contribution < -0.4 is 15.4 Å². The number of nitrogens with zero attached hydrogens (tertiary/aromatic N) is 1. The summed E-state index contributed by atoms with van der Waals surface area (Å²) in [6, 6.07) is 9.25. The van der Waals surface area contributed by atoms with Crippen molar-refractivity contribution in [3.8, 4) is 5.75 Å². The van der Waals surface area contributed by atoms with Crippen molar-refractivity contribution >= 4 is 28.9 Å². The number of rotatable bonds is 4. The van der Waals surface area contributed by atoms with Crippen LogP contribution in [0.1, 0.15) is 28.8 Å². The summed E-state index contributed by atoms with van der Waals surface area (Å²) in [7, 11) is 1.34. The SMILES string of the molecule is COc1ccc(NC(=O)c2ccc3c(c2)CCCC(=O)N3)cc1[N+](=O)[O-]. The highest BCUT2D eigenvalue weighted by Crippen LogP contribution is 2.30. The Morgan fingerprint density at radius 1 is 1.23 bits per heavy atom. The van der Waals surface area contributed by atoms with Crippen LogP contribution in [0.4, 0.5) is 17.1 Å². The van der Waals surface area contributed by atoms with E-state index in [2.05, 4.69) is 10.6 Å². The number of nitro benzene ring substituents is 1. The van der Waals surface area contributed by atoms with Crippen LogP contribution in [0, 0.1) is 10.1 Å². The van der Waals surface area contributed by atoms with Gasteiger partial charge in [-0.05, 0) is 48.7 Å². The zero-order valence-corrected chi connectivity index (χ0v) is 14.1. The Labute approximate surface area is 149 Å². The van der Waals surface area contributed by atoms with Crippen molar-refractivity contribution in [1.29, 1.82) is 0 Å². The highest BCUT2D eigenvalue weighted by Gasteiger charge is 2.18. The number of anilines is 2. The van der Waals surface area contributed by atoms with Crippen molar-refractivity contribution in [2.24, 2.45) is 0 Å². The summed E-state index contributed by atoms with van der Waals surface area (Å²) in [5.74, 6) is -0.303. The van der Waals surface area contributed by atoms with E-state index in [1.807, 2.05) is 0 Å². The zero-order valence-electron chi connectivity index (χ0n) is 14.1. The molecule has 1 aliphatic heterocycles. The Hall–Kier alpha value is -3.42. The first-order valence-electron chi connectivity index (χ1n) is 8.04. The van der Waals surface area contributed by atoms with Crippen LogP contribution in [0.3, 0.4) is 0 Å². The lowest BCUT2D eigenvalue weighted by molar-refractivity contribution is -0.385. The summed E-state index contributed by atoms with van der Waals surface area (Å²) in [5, 5.41) is 16.5. The Kier molecular flexibility index (Phi) is 4.83. The molecule has 26 heavy (non-hydrogen) atoms. The number of methoxy groups -OCH3 is 1. The number of amides is 2. The quantitative estimate of drug-likeness (QED) is 0.646. The summed E-state index contributed by atoms with van der Waals surface area (Å²) in [5.41, 5.74) is 2.09. The molecular weight excluding hydrogens is 338 g/mol. The molecule has 8 heteroatoms.